The van der Waals surface area contributed by atoms with E-state index in [1.165, 1.54) is 23.1 Å². The maximum absolute atomic E-state index is 14.2. The zero-order valence-corrected chi connectivity index (χ0v) is 20.1. The lowest BCUT2D eigenvalue weighted by Crippen LogP contribution is -2.49. The highest BCUT2D eigenvalue weighted by atomic mass is 32.2. The Morgan fingerprint density at radius 2 is 1.67 bits per heavy atom. The molecule has 0 saturated heterocycles. The molecule has 33 heavy (non-hydrogen) atoms. The van der Waals surface area contributed by atoms with Crippen molar-refractivity contribution >= 4 is 27.5 Å². The highest BCUT2D eigenvalue weighted by Gasteiger charge is 2.28. The van der Waals surface area contributed by atoms with Crippen LogP contribution in [-0.2, 0) is 26.2 Å². The Morgan fingerprint density at radius 3 is 2.24 bits per heavy atom. The molecule has 9 heteroatoms. The third-order valence-corrected chi connectivity index (χ3v) is 6.39. The van der Waals surface area contributed by atoms with Crippen LogP contribution in [0.3, 0.4) is 0 Å². The number of carbonyl (C=O) groups excluding carboxylic acids is 2. The van der Waals surface area contributed by atoms with Crippen LogP contribution in [0.2, 0.25) is 0 Å². The molecule has 7 nitrogen and oxygen atoms in total. The number of nitrogens with zero attached hydrogens (tertiary/aromatic N) is 2. The number of rotatable bonds is 12. The molecule has 2 rings (SSSR count). The monoisotopic (exact) mass is 477 g/mol. The van der Waals surface area contributed by atoms with Crippen LogP contribution in [0.15, 0.2) is 54.6 Å². The van der Waals surface area contributed by atoms with Gasteiger partial charge in [0.05, 0.1) is 11.9 Å². The Labute approximate surface area is 195 Å². The van der Waals surface area contributed by atoms with Crippen molar-refractivity contribution in [2.24, 2.45) is 0 Å². The van der Waals surface area contributed by atoms with Crippen LogP contribution in [0.5, 0.6) is 0 Å². The minimum absolute atomic E-state index is 0.0171. The Kier molecular flexibility index (Phi) is 9.84. The first-order valence-electron chi connectivity index (χ1n) is 11.0. The molecule has 2 aromatic carbocycles. The third-order valence-electron chi connectivity index (χ3n) is 5.21. The third kappa shape index (κ3) is 7.56. The first kappa shape index (κ1) is 26.3. The fourth-order valence-corrected chi connectivity index (χ4v) is 4.59. The molecule has 2 amide bonds. The van der Waals surface area contributed by atoms with E-state index in [0.717, 1.165) is 16.1 Å². The zero-order valence-electron chi connectivity index (χ0n) is 19.3. The zero-order chi connectivity index (χ0) is 24.4. The molecule has 0 bridgehead atoms. The topological polar surface area (TPSA) is 86.8 Å². The van der Waals surface area contributed by atoms with E-state index < -0.39 is 21.9 Å². The summed E-state index contributed by atoms with van der Waals surface area (Å²) < 4.78 is 39.7. The number of nitrogens with one attached hydrogen (secondary N) is 1. The molecule has 0 aromatic heterocycles. The molecule has 0 aliphatic rings. The van der Waals surface area contributed by atoms with Crippen molar-refractivity contribution in [3.8, 4) is 0 Å². The van der Waals surface area contributed by atoms with E-state index in [-0.39, 0.29) is 43.4 Å². The predicted octanol–water partition coefficient (Wildman–Crippen LogP) is 3.32. The predicted molar refractivity (Wildman–Crippen MR) is 128 cm³/mol. The lowest BCUT2D eigenvalue weighted by atomic mass is 10.1. The molecular formula is C24H32FN3O4S. The van der Waals surface area contributed by atoms with Gasteiger partial charge in [0.25, 0.3) is 0 Å². The number of likely N-dealkylation sites (N-methyl/N-ethyl adjacent to an activating group) is 1. The van der Waals surface area contributed by atoms with Crippen molar-refractivity contribution in [1.29, 1.82) is 0 Å². The second-order valence-electron chi connectivity index (χ2n) is 7.72. The van der Waals surface area contributed by atoms with Gasteiger partial charge in [-0.1, -0.05) is 49.4 Å². The molecule has 1 unspecified atom stereocenters. The number of halogens is 1. The van der Waals surface area contributed by atoms with Gasteiger partial charge in [-0.2, -0.15) is 0 Å². The van der Waals surface area contributed by atoms with Gasteiger partial charge in [-0.25, -0.2) is 12.8 Å². The SMILES string of the molecule is CCNC(=O)C(CC)N(Cc1ccccc1)C(=O)CCCN(c1ccccc1F)S(C)(=O)=O. The molecule has 0 radical (unpaired) electrons. The molecule has 0 fully saturated rings. The van der Waals surface area contributed by atoms with E-state index in [0.29, 0.717) is 13.0 Å². The summed E-state index contributed by atoms with van der Waals surface area (Å²) in [5, 5.41) is 2.78. The van der Waals surface area contributed by atoms with Crippen molar-refractivity contribution in [3.05, 3.63) is 66.0 Å². The first-order chi connectivity index (χ1) is 15.7. The van der Waals surface area contributed by atoms with Gasteiger partial charge < -0.3 is 10.2 Å². The minimum Gasteiger partial charge on any atom is -0.355 e. The van der Waals surface area contributed by atoms with E-state index in [1.54, 1.807) is 6.07 Å². The molecule has 0 aliphatic heterocycles. The van der Waals surface area contributed by atoms with Gasteiger partial charge in [0, 0.05) is 26.1 Å². The molecule has 0 heterocycles. The van der Waals surface area contributed by atoms with Crippen LogP contribution in [0.4, 0.5) is 10.1 Å². The fourth-order valence-electron chi connectivity index (χ4n) is 3.63. The number of hydrogen-bond donors (Lipinski definition) is 1. The van der Waals surface area contributed by atoms with Crippen LogP contribution in [0.1, 0.15) is 38.7 Å². The van der Waals surface area contributed by atoms with Crippen LogP contribution >= 0.6 is 0 Å². The fraction of sp³-hybridized carbons (Fsp3) is 0.417. The minimum atomic E-state index is -3.74. The van der Waals surface area contributed by atoms with Crippen LogP contribution in [0.25, 0.3) is 0 Å². The van der Waals surface area contributed by atoms with Gasteiger partial charge in [0.1, 0.15) is 11.9 Å². The molecule has 0 aliphatic carbocycles. The van der Waals surface area contributed by atoms with Gasteiger partial charge in [0.15, 0.2) is 0 Å². The average molecular weight is 478 g/mol. The van der Waals surface area contributed by atoms with Gasteiger partial charge in [-0.05, 0) is 37.5 Å². The standard InChI is InChI=1S/C24H32FN3O4S/c1-4-21(24(30)26-5-2)27(18-19-12-7-6-8-13-19)23(29)16-11-17-28(33(3,31)32)22-15-10-9-14-20(22)25/h6-10,12-15,21H,4-5,11,16-18H2,1-3H3,(H,26,30). The Morgan fingerprint density at radius 1 is 1.03 bits per heavy atom. The van der Waals surface area contributed by atoms with E-state index in [1.807, 2.05) is 44.2 Å². The lowest BCUT2D eigenvalue weighted by molar-refractivity contribution is -0.141. The van der Waals surface area contributed by atoms with E-state index >= 15 is 0 Å². The number of para-hydroxylation sites is 1. The number of anilines is 1. The largest absolute Gasteiger partial charge is 0.355 e. The Bertz CT molecular complexity index is 1030. The van der Waals surface area contributed by atoms with E-state index in [9.17, 15) is 22.4 Å². The van der Waals surface area contributed by atoms with Gasteiger partial charge in [-0.3, -0.25) is 13.9 Å². The van der Waals surface area contributed by atoms with Crippen LogP contribution in [-0.4, -0.2) is 50.5 Å². The summed E-state index contributed by atoms with van der Waals surface area (Å²) in [6.07, 6.45) is 1.64. The molecule has 180 valence electrons. The van der Waals surface area contributed by atoms with E-state index in [2.05, 4.69) is 5.32 Å². The first-order valence-corrected chi connectivity index (χ1v) is 12.9. The summed E-state index contributed by atoms with van der Waals surface area (Å²) in [7, 11) is -3.74. The number of amides is 2. The molecular weight excluding hydrogens is 445 g/mol. The Balaban J connectivity index is 2.18. The van der Waals surface area contributed by atoms with Crippen LogP contribution in [0, 0.1) is 5.82 Å². The summed E-state index contributed by atoms with van der Waals surface area (Å²) in [5.74, 6) is -1.14. The Hall–Kier alpha value is -2.94. The van der Waals surface area contributed by atoms with Crippen molar-refractivity contribution in [2.75, 3.05) is 23.7 Å². The maximum Gasteiger partial charge on any atom is 0.242 e. The number of benzene rings is 2. The van der Waals surface area contributed by atoms with Crippen molar-refractivity contribution in [2.45, 2.75) is 45.7 Å². The summed E-state index contributed by atoms with van der Waals surface area (Å²) in [6, 6.07) is 14.4. The van der Waals surface area contributed by atoms with Crippen molar-refractivity contribution in [1.82, 2.24) is 10.2 Å². The van der Waals surface area contributed by atoms with Gasteiger partial charge >= 0.3 is 0 Å². The summed E-state index contributed by atoms with van der Waals surface area (Å²) in [6.45, 7) is 4.32. The highest BCUT2D eigenvalue weighted by Crippen LogP contribution is 2.22. The summed E-state index contributed by atoms with van der Waals surface area (Å²) in [5.41, 5.74) is 0.833. The maximum atomic E-state index is 14.2. The average Bonchev–Trinajstić information content (AvgIpc) is 2.77. The van der Waals surface area contributed by atoms with Crippen LogP contribution < -0.4 is 9.62 Å². The van der Waals surface area contributed by atoms with Crippen molar-refractivity contribution in [3.63, 3.8) is 0 Å². The second-order valence-corrected chi connectivity index (χ2v) is 9.62. The molecule has 0 spiro atoms. The highest BCUT2D eigenvalue weighted by molar-refractivity contribution is 7.92. The number of carbonyl (C=O) groups is 2. The van der Waals surface area contributed by atoms with E-state index in [4.69, 9.17) is 0 Å². The summed E-state index contributed by atoms with van der Waals surface area (Å²) in [4.78, 5) is 27.3. The molecule has 0 saturated carbocycles. The summed E-state index contributed by atoms with van der Waals surface area (Å²) >= 11 is 0. The smallest absolute Gasteiger partial charge is 0.242 e. The van der Waals surface area contributed by atoms with Gasteiger partial charge in [0.2, 0.25) is 21.8 Å². The quantitative estimate of drug-likeness (QED) is 0.508. The number of sulfonamides is 1. The molecule has 1 atom stereocenters. The molecule has 2 aromatic rings. The molecule has 1 N–H and O–H groups in total. The van der Waals surface area contributed by atoms with Gasteiger partial charge in [-0.15, -0.1) is 0 Å². The second kappa shape index (κ2) is 12.3. The normalized spacial score (nSPS) is 12.1. The van der Waals surface area contributed by atoms with Crippen molar-refractivity contribution < 1.29 is 22.4 Å². The lowest BCUT2D eigenvalue weighted by Gasteiger charge is -2.31. The number of hydrogen-bond acceptors (Lipinski definition) is 4.